The van der Waals surface area contributed by atoms with E-state index in [1.807, 2.05) is 17.7 Å². The minimum atomic E-state index is -0.433. The third-order valence-corrected chi connectivity index (χ3v) is 2.15. The van der Waals surface area contributed by atoms with Crippen LogP contribution in [0.15, 0.2) is 12.3 Å². The van der Waals surface area contributed by atoms with Crippen molar-refractivity contribution in [2.75, 3.05) is 14.2 Å². The first-order valence-electron chi connectivity index (χ1n) is 4.57. The molecule has 0 fully saturated rings. The minimum absolute atomic E-state index is 0.313. The van der Waals surface area contributed by atoms with Gasteiger partial charge < -0.3 is 15.2 Å². The summed E-state index contributed by atoms with van der Waals surface area (Å²) in [5, 5.41) is 4.13. The zero-order chi connectivity index (χ0) is 10.6. The van der Waals surface area contributed by atoms with Crippen molar-refractivity contribution >= 4 is 0 Å². The van der Waals surface area contributed by atoms with Crippen LogP contribution in [0.5, 0.6) is 0 Å². The molecule has 0 radical (unpaired) electrons. The lowest BCUT2D eigenvalue weighted by Crippen LogP contribution is -2.31. The van der Waals surface area contributed by atoms with Crippen LogP contribution in [0.2, 0.25) is 0 Å². The Balaban J connectivity index is 2.81. The molecule has 1 aromatic heterocycles. The van der Waals surface area contributed by atoms with Crippen LogP contribution in [0.4, 0.5) is 0 Å². The summed E-state index contributed by atoms with van der Waals surface area (Å²) in [4.78, 5) is 0. The minimum Gasteiger partial charge on any atom is -0.354 e. The smallest absolute Gasteiger partial charge is 0.177 e. The molecule has 0 bridgehead atoms. The number of aryl methyl sites for hydroxylation is 1. The Morgan fingerprint density at radius 2 is 2.14 bits per heavy atom. The van der Waals surface area contributed by atoms with Gasteiger partial charge in [0.1, 0.15) is 0 Å². The average Bonchev–Trinajstić information content (AvgIpc) is 2.67. The Hall–Kier alpha value is -0.910. The second kappa shape index (κ2) is 5.09. The summed E-state index contributed by atoms with van der Waals surface area (Å²) in [5.41, 5.74) is 6.89. The molecule has 0 aliphatic carbocycles. The SMILES string of the molecule is CCn1nccc1C(N)C(OC)OC. The van der Waals surface area contributed by atoms with Gasteiger partial charge in [0.15, 0.2) is 6.29 Å². The lowest BCUT2D eigenvalue weighted by atomic mass is 10.2. The van der Waals surface area contributed by atoms with Crippen molar-refractivity contribution in [3.63, 3.8) is 0 Å². The molecule has 0 amide bonds. The molecule has 2 N–H and O–H groups in total. The highest BCUT2D eigenvalue weighted by Gasteiger charge is 2.21. The van der Waals surface area contributed by atoms with Crippen LogP contribution >= 0.6 is 0 Å². The van der Waals surface area contributed by atoms with Crippen molar-refractivity contribution in [2.24, 2.45) is 5.73 Å². The molecule has 0 spiro atoms. The molecule has 1 aromatic rings. The Labute approximate surface area is 83.8 Å². The lowest BCUT2D eigenvalue weighted by Gasteiger charge is -2.21. The van der Waals surface area contributed by atoms with Crippen molar-refractivity contribution in [1.82, 2.24) is 9.78 Å². The molecule has 1 rings (SSSR count). The van der Waals surface area contributed by atoms with Crippen LogP contribution in [0.25, 0.3) is 0 Å². The van der Waals surface area contributed by atoms with E-state index in [0.717, 1.165) is 12.2 Å². The third-order valence-electron chi connectivity index (χ3n) is 2.15. The highest BCUT2D eigenvalue weighted by Crippen LogP contribution is 2.16. The molecule has 5 heteroatoms. The first-order chi connectivity index (χ1) is 6.74. The van der Waals surface area contributed by atoms with E-state index in [0.29, 0.717) is 0 Å². The molecule has 80 valence electrons. The standard InChI is InChI=1S/C9H17N3O2/c1-4-12-7(5-6-11-12)8(10)9(13-2)14-3/h5-6,8-9H,4,10H2,1-3H3. The largest absolute Gasteiger partial charge is 0.354 e. The molecule has 0 aliphatic rings. The van der Waals surface area contributed by atoms with Gasteiger partial charge in [0.2, 0.25) is 0 Å². The van der Waals surface area contributed by atoms with Gasteiger partial charge in [-0.2, -0.15) is 5.10 Å². The van der Waals surface area contributed by atoms with Gasteiger partial charge in [-0.15, -0.1) is 0 Å². The molecule has 0 saturated carbocycles. The van der Waals surface area contributed by atoms with Crippen LogP contribution in [0.3, 0.4) is 0 Å². The van der Waals surface area contributed by atoms with Crippen molar-refractivity contribution < 1.29 is 9.47 Å². The van der Waals surface area contributed by atoms with Crippen LogP contribution in [0.1, 0.15) is 18.7 Å². The van der Waals surface area contributed by atoms with Gasteiger partial charge in [-0.1, -0.05) is 0 Å². The summed E-state index contributed by atoms with van der Waals surface area (Å²) in [6, 6.07) is 1.56. The maximum absolute atomic E-state index is 5.97. The summed E-state index contributed by atoms with van der Waals surface area (Å²) in [5.74, 6) is 0. The summed E-state index contributed by atoms with van der Waals surface area (Å²) in [6.07, 6.45) is 1.29. The Kier molecular flexibility index (Phi) is 4.06. The van der Waals surface area contributed by atoms with Crippen LogP contribution in [-0.2, 0) is 16.0 Å². The van der Waals surface area contributed by atoms with E-state index in [1.54, 1.807) is 20.4 Å². The van der Waals surface area contributed by atoms with Gasteiger partial charge in [-0.3, -0.25) is 4.68 Å². The highest BCUT2D eigenvalue weighted by atomic mass is 16.7. The van der Waals surface area contributed by atoms with Gasteiger partial charge in [-0.25, -0.2) is 0 Å². The van der Waals surface area contributed by atoms with Crippen molar-refractivity contribution in [3.05, 3.63) is 18.0 Å². The van der Waals surface area contributed by atoms with Gasteiger partial charge in [0.25, 0.3) is 0 Å². The normalized spacial score (nSPS) is 13.5. The van der Waals surface area contributed by atoms with E-state index in [2.05, 4.69) is 5.10 Å². The lowest BCUT2D eigenvalue weighted by molar-refractivity contribution is -0.118. The number of aromatic nitrogens is 2. The average molecular weight is 199 g/mol. The van der Waals surface area contributed by atoms with Crippen LogP contribution in [0, 0.1) is 0 Å². The Morgan fingerprint density at radius 1 is 1.50 bits per heavy atom. The first kappa shape index (κ1) is 11.2. The van der Waals surface area contributed by atoms with E-state index < -0.39 is 6.29 Å². The Morgan fingerprint density at radius 3 is 2.64 bits per heavy atom. The Bertz CT molecular complexity index is 271. The monoisotopic (exact) mass is 199 g/mol. The molecular formula is C9H17N3O2. The maximum atomic E-state index is 5.97. The summed E-state index contributed by atoms with van der Waals surface area (Å²) < 4.78 is 12.0. The molecular weight excluding hydrogens is 182 g/mol. The third kappa shape index (κ3) is 2.12. The molecule has 0 saturated heterocycles. The van der Waals surface area contributed by atoms with Crippen molar-refractivity contribution in [2.45, 2.75) is 25.8 Å². The number of nitrogens with two attached hydrogens (primary N) is 1. The first-order valence-corrected chi connectivity index (χ1v) is 4.57. The van der Waals surface area contributed by atoms with Crippen molar-refractivity contribution in [3.8, 4) is 0 Å². The van der Waals surface area contributed by atoms with Gasteiger partial charge >= 0.3 is 0 Å². The number of ether oxygens (including phenoxy) is 2. The molecule has 14 heavy (non-hydrogen) atoms. The summed E-state index contributed by atoms with van der Waals surface area (Å²) in [7, 11) is 3.14. The van der Waals surface area contributed by atoms with Crippen LogP contribution < -0.4 is 5.73 Å². The van der Waals surface area contributed by atoms with Crippen molar-refractivity contribution in [1.29, 1.82) is 0 Å². The topological polar surface area (TPSA) is 62.3 Å². The van der Waals surface area contributed by atoms with E-state index in [1.165, 1.54) is 0 Å². The molecule has 1 unspecified atom stereocenters. The van der Waals surface area contributed by atoms with Gasteiger partial charge in [-0.05, 0) is 13.0 Å². The quantitative estimate of drug-likeness (QED) is 0.702. The van der Waals surface area contributed by atoms with Gasteiger partial charge in [0, 0.05) is 27.0 Å². The fraction of sp³-hybridized carbons (Fsp3) is 0.667. The fourth-order valence-electron chi connectivity index (χ4n) is 1.42. The fourth-order valence-corrected chi connectivity index (χ4v) is 1.42. The second-order valence-corrected chi connectivity index (χ2v) is 2.94. The van der Waals surface area contributed by atoms with E-state index in [9.17, 15) is 0 Å². The number of methoxy groups -OCH3 is 2. The molecule has 1 heterocycles. The zero-order valence-electron chi connectivity index (χ0n) is 8.80. The highest BCUT2D eigenvalue weighted by molar-refractivity contribution is 5.07. The summed E-state index contributed by atoms with van der Waals surface area (Å²) >= 11 is 0. The zero-order valence-corrected chi connectivity index (χ0v) is 8.80. The van der Waals surface area contributed by atoms with E-state index >= 15 is 0 Å². The molecule has 0 aromatic carbocycles. The molecule has 1 atom stereocenters. The van der Waals surface area contributed by atoms with E-state index in [4.69, 9.17) is 15.2 Å². The number of hydrogen-bond donors (Lipinski definition) is 1. The van der Waals surface area contributed by atoms with E-state index in [-0.39, 0.29) is 6.04 Å². The van der Waals surface area contributed by atoms with Crippen LogP contribution in [-0.4, -0.2) is 30.3 Å². The predicted molar refractivity (Wildman–Crippen MR) is 52.6 cm³/mol. The summed E-state index contributed by atoms with van der Waals surface area (Å²) in [6.45, 7) is 2.80. The van der Waals surface area contributed by atoms with Gasteiger partial charge in [0.05, 0.1) is 11.7 Å². The molecule has 0 aliphatic heterocycles. The number of rotatable bonds is 5. The second-order valence-electron chi connectivity index (χ2n) is 2.94. The maximum Gasteiger partial charge on any atom is 0.177 e. The predicted octanol–water partition coefficient (Wildman–Crippen LogP) is 0.522. The number of nitrogens with zero attached hydrogens (tertiary/aromatic N) is 2. The molecule has 5 nitrogen and oxygen atoms in total. The number of hydrogen-bond acceptors (Lipinski definition) is 4.